The van der Waals surface area contributed by atoms with Gasteiger partial charge in [-0.3, -0.25) is 0 Å². The van der Waals surface area contributed by atoms with Gasteiger partial charge in [-0.25, -0.2) is 21.6 Å². The van der Waals surface area contributed by atoms with Gasteiger partial charge in [0.05, 0.1) is 16.4 Å². The number of ether oxygens (including phenoxy) is 2. The lowest BCUT2D eigenvalue weighted by Gasteiger charge is -2.24. The van der Waals surface area contributed by atoms with Crippen molar-refractivity contribution < 1.29 is 26.3 Å². The molecular formula is C13H17NO6S2. The number of rotatable bonds is 3. The predicted octanol–water partition coefficient (Wildman–Crippen LogP) is 0.313. The van der Waals surface area contributed by atoms with Crippen LogP contribution in [0.4, 0.5) is 0 Å². The maximum Gasteiger partial charge on any atom is 0.241 e. The first-order valence-corrected chi connectivity index (χ1v) is 10.1. The van der Waals surface area contributed by atoms with Crippen LogP contribution in [0.25, 0.3) is 0 Å². The van der Waals surface area contributed by atoms with Crippen molar-refractivity contribution in [3.63, 3.8) is 0 Å². The standard InChI is InChI=1S/C13H17NO6S2/c1-13(4-7-21(15,16)9-13)14-22(17,18)10-2-3-11-12(8-10)20-6-5-19-11/h2-3,8,14H,4-7,9H2,1H3/t13-/m1/s1. The van der Waals surface area contributed by atoms with Gasteiger partial charge in [-0.05, 0) is 25.5 Å². The van der Waals surface area contributed by atoms with Crippen LogP contribution in [0.1, 0.15) is 13.3 Å². The fourth-order valence-corrected chi connectivity index (χ4v) is 6.30. The minimum atomic E-state index is -3.84. The van der Waals surface area contributed by atoms with Crippen molar-refractivity contribution in [2.45, 2.75) is 23.8 Å². The fraction of sp³-hybridized carbons (Fsp3) is 0.538. The first-order chi connectivity index (χ1) is 10.2. The zero-order valence-corrected chi connectivity index (χ0v) is 13.7. The van der Waals surface area contributed by atoms with E-state index in [4.69, 9.17) is 9.47 Å². The molecule has 22 heavy (non-hydrogen) atoms. The molecular weight excluding hydrogens is 330 g/mol. The van der Waals surface area contributed by atoms with Gasteiger partial charge in [0.15, 0.2) is 21.3 Å². The highest BCUT2D eigenvalue weighted by molar-refractivity contribution is 7.92. The lowest BCUT2D eigenvalue weighted by Crippen LogP contribution is -2.46. The lowest BCUT2D eigenvalue weighted by atomic mass is 10.0. The molecule has 122 valence electrons. The van der Waals surface area contributed by atoms with Crippen molar-refractivity contribution in [3.05, 3.63) is 18.2 Å². The Hall–Kier alpha value is -1.32. The smallest absolute Gasteiger partial charge is 0.241 e. The van der Waals surface area contributed by atoms with Crippen LogP contribution in [-0.4, -0.2) is 47.1 Å². The third-order valence-corrected chi connectivity index (χ3v) is 7.25. The van der Waals surface area contributed by atoms with Crippen molar-refractivity contribution in [1.82, 2.24) is 4.72 Å². The van der Waals surface area contributed by atoms with Gasteiger partial charge >= 0.3 is 0 Å². The number of benzene rings is 1. The van der Waals surface area contributed by atoms with Crippen molar-refractivity contribution in [1.29, 1.82) is 0 Å². The Morgan fingerprint density at radius 3 is 2.50 bits per heavy atom. The number of nitrogens with one attached hydrogen (secondary N) is 1. The zero-order chi connectivity index (χ0) is 16.0. The molecule has 2 aliphatic rings. The van der Waals surface area contributed by atoms with Crippen LogP contribution >= 0.6 is 0 Å². The molecule has 0 unspecified atom stereocenters. The summed E-state index contributed by atoms with van der Waals surface area (Å²) in [6.45, 7) is 2.39. The molecule has 1 fully saturated rings. The summed E-state index contributed by atoms with van der Waals surface area (Å²) in [4.78, 5) is 0.0299. The highest BCUT2D eigenvalue weighted by atomic mass is 32.2. The molecule has 2 aliphatic heterocycles. The number of hydrogen-bond acceptors (Lipinski definition) is 6. The van der Waals surface area contributed by atoms with Crippen LogP contribution in [-0.2, 0) is 19.9 Å². The molecule has 0 radical (unpaired) electrons. The van der Waals surface area contributed by atoms with E-state index in [1.807, 2.05) is 0 Å². The van der Waals surface area contributed by atoms with Gasteiger partial charge < -0.3 is 9.47 Å². The number of hydrogen-bond donors (Lipinski definition) is 1. The van der Waals surface area contributed by atoms with Crippen molar-refractivity contribution in [3.8, 4) is 11.5 Å². The van der Waals surface area contributed by atoms with Gasteiger partial charge in [-0.2, -0.15) is 0 Å². The van der Waals surface area contributed by atoms with Crippen LogP contribution in [0, 0.1) is 0 Å². The van der Waals surface area contributed by atoms with Gasteiger partial charge in [-0.1, -0.05) is 0 Å². The second-order valence-electron chi connectivity index (χ2n) is 5.81. The molecule has 0 bridgehead atoms. The Balaban J connectivity index is 1.87. The fourth-order valence-electron chi connectivity index (χ4n) is 2.67. The molecule has 1 aromatic rings. The van der Waals surface area contributed by atoms with Gasteiger partial charge in [0, 0.05) is 11.6 Å². The minimum Gasteiger partial charge on any atom is -0.486 e. The summed E-state index contributed by atoms with van der Waals surface area (Å²) >= 11 is 0. The highest BCUT2D eigenvalue weighted by Gasteiger charge is 2.41. The molecule has 0 spiro atoms. The zero-order valence-electron chi connectivity index (χ0n) is 12.0. The van der Waals surface area contributed by atoms with Gasteiger partial charge in [0.1, 0.15) is 13.2 Å². The summed E-state index contributed by atoms with van der Waals surface area (Å²) in [6.07, 6.45) is 0.263. The van der Waals surface area contributed by atoms with E-state index in [2.05, 4.69) is 4.72 Å². The van der Waals surface area contributed by atoms with E-state index in [0.717, 1.165) is 0 Å². The molecule has 0 aromatic heterocycles. The monoisotopic (exact) mass is 347 g/mol. The van der Waals surface area contributed by atoms with E-state index in [-0.39, 0.29) is 22.8 Å². The van der Waals surface area contributed by atoms with E-state index in [0.29, 0.717) is 24.7 Å². The molecule has 3 rings (SSSR count). The summed E-state index contributed by atoms with van der Waals surface area (Å²) in [5, 5.41) is 0. The molecule has 0 aliphatic carbocycles. The first kappa shape index (κ1) is 15.6. The van der Waals surface area contributed by atoms with E-state index < -0.39 is 25.4 Å². The quantitative estimate of drug-likeness (QED) is 0.845. The van der Waals surface area contributed by atoms with Crippen LogP contribution < -0.4 is 14.2 Å². The topological polar surface area (TPSA) is 98.8 Å². The average Bonchev–Trinajstić information content (AvgIpc) is 2.71. The molecule has 9 heteroatoms. The summed E-state index contributed by atoms with van der Waals surface area (Å²) in [7, 11) is -7.03. The van der Waals surface area contributed by atoms with Gasteiger partial charge in [-0.15, -0.1) is 0 Å². The molecule has 1 atom stereocenters. The Morgan fingerprint density at radius 2 is 1.86 bits per heavy atom. The van der Waals surface area contributed by atoms with E-state index in [1.54, 1.807) is 6.92 Å². The van der Waals surface area contributed by atoms with E-state index in [9.17, 15) is 16.8 Å². The summed E-state index contributed by atoms with van der Waals surface area (Å²) in [6, 6.07) is 4.35. The summed E-state index contributed by atoms with van der Waals surface area (Å²) in [5.41, 5.74) is -0.981. The third kappa shape index (κ3) is 3.06. The second-order valence-corrected chi connectivity index (χ2v) is 9.68. The largest absolute Gasteiger partial charge is 0.486 e. The maximum atomic E-state index is 12.5. The van der Waals surface area contributed by atoms with Crippen molar-refractivity contribution in [2.24, 2.45) is 0 Å². The second kappa shape index (κ2) is 5.10. The molecule has 2 heterocycles. The maximum absolute atomic E-state index is 12.5. The molecule has 1 aromatic carbocycles. The lowest BCUT2D eigenvalue weighted by molar-refractivity contribution is 0.171. The Kier molecular flexibility index (Phi) is 3.61. The normalized spacial score (nSPS) is 26.8. The van der Waals surface area contributed by atoms with Crippen LogP contribution in [0.5, 0.6) is 11.5 Å². The van der Waals surface area contributed by atoms with Crippen LogP contribution in [0.2, 0.25) is 0 Å². The Bertz CT molecular complexity index is 802. The third-order valence-electron chi connectivity index (χ3n) is 3.71. The summed E-state index contributed by atoms with van der Waals surface area (Å²) < 4.78 is 61.4. The van der Waals surface area contributed by atoms with Gasteiger partial charge in [0.25, 0.3) is 0 Å². The number of sulfonamides is 1. The van der Waals surface area contributed by atoms with Crippen LogP contribution in [0.3, 0.4) is 0 Å². The van der Waals surface area contributed by atoms with E-state index >= 15 is 0 Å². The molecule has 1 N–H and O–H groups in total. The van der Waals surface area contributed by atoms with Crippen molar-refractivity contribution >= 4 is 19.9 Å². The van der Waals surface area contributed by atoms with Gasteiger partial charge in [0.2, 0.25) is 10.0 Å². The number of fused-ring (bicyclic) bond motifs is 1. The molecule has 0 saturated carbocycles. The van der Waals surface area contributed by atoms with E-state index in [1.165, 1.54) is 18.2 Å². The summed E-state index contributed by atoms with van der Waals surface area (Å²) in [5.74, 6) is 0.676. The predicted molar refractivity (Wildman–Crippen MR) is 79.4 cm³/mol. The Morgan fingerprint density at radius 1 is 1.18 bits per heavy atom. The Labute approximate surface area is 129 Å². The highest BCUT2D eigenvalue weighted by Crippen LogP contribution is 2.33. The minimum absolute atomic E-state index is 0.00679. The number of sulfone groups is 1. The van der Waals surface area contributed by atoms with Crippen molar-refractivity contribution in [2.75, 3.05) is 24.7 Å². The molecule has 1 saturated heterocycles. The SMILES string of the molecule is C[C@@]1(NS(=O)(=O)c2ccc3c(c2)OCCO3)CCS(=O)(=O)C1. The molecule has 0 amide bonds. The first-order valence-electron chi connectivity index (χ1n) is 6.83. The molecule has 7 nitrogen and oxygen atoms in total. The van der Waals surface area contributed by atoms with Crippen LogP contribution in [0.15, 0.2) is 23.1 Å². The average molecular weight is 347 g/mol.